The van der Waals surface area contributed by atoms with Crippen molar-refractivity contribution in [1.29, 1.82) is 0 Å². The predicted molar refractivity (Wildman–Crippen MR) is 113 cm³/mol. The lowest BCUT2D eigenvalue weighted by molar-refractivity contribution is 0.0588. The number of aromatic carboxylic acids is 2. The molecule has 0 aliphatic heterocycles. The Labute approximate surface area is 188 Å². The summed E-state index contributed by atoms with van der Waals surface area (Å²) in [5, 5.41) is 25.7. The van der Waals surface area contributed by atoms with E-state index < -0.39 is 17.9 Å². The summed E-state index contributed by atoms with van der Waals surface area (Å²) in [5.74, 6) is -2.41. The number of nitrogens with zero attached hydrogens (tertiary/aromatic N) is 3. The van der Waals surface area contributed by atoms with Crippen molar-refractivity contribution in [2.75, 3.05) is 21.3 Å². The lowest BCUT2D eigenvalue weighted by Crippen LogP contribution is -2.06. The van der Waals surface area contributed by atoms with E-state index in [1.807, 2.05) is 0 Å². The van der Waals surface area contributed by atoms with Gasteiger partial charge in [0.1, 0.15) is 5.75 Å². The third kappa shape index (κ3) is 8.13. The second kappa shape index (κ2) is 13.5. The highest BCUT2D eigenvalue weighted by atomic mass is 16.5. The van der Waals surface area contributed by atoms with Crippen molar-refractivity contribution in [3.05, 3.63) is 72.1 Å². The highest BCUT2D eigenvalue weighted by molar-refractivity contribution is 5.90. The molecule has 0 saturated heterocycles. The van der Waals surface area contributed by atoms with Gasteiger partial charge in [0.15, 0.2) is 28.6 Å². The molecule has 3 aromatic heterocycles. The summed E-state index contributed by atoms with van der Waals surface area (Å²) in [6.07, 6.45) is 4.23. The monoisotopic (exact) mass is 459 g/mol. The smallest absolute Gasteiger partial charge is 0.360 e. The van der Waals surface area contributed by atoms with Crippen molar-refractivity contribution in [3.63, 3.8) is 0 Å². The highest BCUT2D eigenvalue weighted by Crippen LogP contribution is 2.15. The molecule has 0 radical (unpaired) electrons. The molecule has 3 heterocycles. The van der Waals surface area contributed by atoms with E-state index in [2.05, 4.69) is 19.7 Å². The van der Waals surface area contributed by atoms with Crippen LogP contribution in [0.15, 0.2) is 55.0 Å². The van der Waals surface area contributed by atoms with Gasteiger partial charge in [0, 0.05) is 18.6 Å². The number of esters is 1. The molecule has 12 heteroatoms. The number of rotatable bonds is 5. The normalized spacial score (nSPS) is 9.18. The van der Waals surface area contributed by atoms with Crippen LogP contribution in [0.4, 0.5) is 0 Å². The van der Waals surface area contributed by atoms with Crippen LogP contribution in [0.5, 0.6) is 17.2 Å². The van der Waals surface area contributed by atoms with Gasteiger partial charge in [0.2, 0.25) is 0 Å². The quantitative estimate of drug-likeness (QED) is 0.474. The number of carbonyl (C=O) groups is 3. The minimum atomic E-state index is -1.22. The fourth-order valence-corrected chi connectivity index (χ4v) is 2.08. The first-order valence-electron chi connectivity index (χ1n) is 8.93. The third-order valence-corrected chi connectivity index (χ3v) is 3.55. The van der Waals surface area contributed by atoms with Crippen molar-refractivity contribution in [3.8, 4) is 17.2 Å². The molecule has 0 aromatic carbocycles. The Balaban J connectivity index is 0.000000249. The van der Waals surface area contributed by atoms with E-state index in [9.17, 15) is 14.4 Å². The molecule has 0 aliphatic rings. The van der Waals surface area contributed by atoms with Gasteiger partial charge < -0.3 is 29.5 Å². The molecule has 0 bridgehead atoms. The van der Waals surface area contributed by atoms with E-state index in [0.29, 0.717) is 5.75 Å². The number of aromatic hydroxyl groups is 1. The van der Waals surface area contributed by atoms with Crippen LogP contribution in [-0.4, -0.2) is 69.5 Å². The van der Waals surface area contributed by atoms with E-state index in [0.717, 1.165) is 0 Å². The molecule has 0 unspecified atom stereocenters. The van der Waals surface area contributed by atoms with Crippen LogP contribution in [0.25, 0.3) is 0 Å². The van der Waals surface area contributed by atoms with Crippen molar-refractivity contribution in [2.24, 2.45) is 0 Å². The Morgan fingerprint density at radius 3 is 1.48 bits per heavy atom. The Bertz CT molecular complexity index is 1090. The van der Waals surface area contributed by atoms with Crippen LogP contribution in [0.1, 0.15) is 31.5 Å². The van der Waals surface area contributed by atoms with E-state index in [-0.39, 0.29) is 28.6 Å². The second-order valence-corrected chi connectivity index (χ2v) is 5.58. The Morgan fingerprint density at radius 1 is 0.697 bits per heavy atom. The Hall–Kier alpha value is -4.74. The fraction of sp³-hybridized carbons (Fsp3) is 0.143. The summed E-state index contributed by atoms with van der Waals surface area (Å²) >= 11 is 0. The van der Waals surface area contributed by atoms with Crippen LogP contribution < -0.4 is 9.47 Å². The number of carboxylic acids is 2. The summed E-state index contributed by atoms with van der Waals surface area (Å²) in [4.78, 5) is 42.5. The molecule has 3 N–H and O–H groups in total. The maximum Gasteiger partial charge on any atom is 0.360 e. The third-order valence-electron chi connectivity index (χ3n) is 3.55. The minimum absolute atomic E-state index is 0.0602. The molecule has 33 heavy (non-hydrogen) atoms. The van der Waals surface area contributed by atoms with E-state index in [1.165, 1.54) is 52.1 Å². The molecule has 0 aliphatic carbocycles. The summed E-state index contributed by atoms with van der Waals surface area (Å²) in [6.45, 7) is 0. The lowest BCUT2D eigenvalue weighted by Gasteiger charge is -2.03. The maximum absolute atomic E-state index is 11.0. The molecule has 3 rings (SSSR count). The van der Waals surface area contributed by atoms with Crippen molar-refractivity contribution in [1.82, 2.24) is 15.0 Å². The van der Waals surface area contributed by atoms with Crippen LogP contribution in [0.3, 0.4) is 0 Å². The number of carboxylic acid groups (broad SMARTS) is 2. The molecule has 0 spiro atoms. The van der Waals surface area contributed by atoms with Crippen molar-refractivity contribution >= 4 is 17.9 Å². The number of hydrogen-bond acceptors (Lipinski definition) is 10. The average Bonchev–Trinajstić information content (AvgIpc) is 2.84. The number of aromatic nitrogens is 3. The molecule has 12 nitrogen and oxygen atoms in total. The van der Waals surface area contributed by atoms with Crippen molar-refractivity contribution < 1.29 is 43.9 Å². The number of ether oxygens (including phenoxy) is 3. The van der Waals surface area contributed by atoms with Gasteiger partial charge in [-0.2, -0.15) is 0 Å². The van der Waals surface area contributed by atoms with Gasteiger partial charge in [-0.25, -0.2) is 29.3 Å². The van der Waals surface area contributed by atoms with Gasteiger partial charge in [-0.15, -0.1) is 0 Å². The van der Waals surface area contributed by atoms with Crippen LogP contribution in [0, 0.1) is 0 Å². The molecule has 0 atom stereocenters. The summed E-state index contributed by atoms with van der Waals surface area (Å²) in [6, 6.07) is 9.24. The molecule has 0 fully saturated rings. The van der Waals surface area contributed by atoms with Crippen LogP contribution in [-0.2, 0) is 4.74 Å². The van der Waals surface area contributed by atoms with E-state index in [1.54, 1.807) is 24.3 Å². The standard InChI is InChI=1S/C8H9NO3.C7H7NO3.C6H5NO3/c1-11-6-4-3-5-9-7(6)8(10)12-2;1-11-5-3-2-4-8-6(5)7(9)10;8-4-2-1-3-7-5(4)6(9)10/h3-5H,1-2H3;2-4H,1H3,(H,9,10);1-3,8H,(H,9,10). The SMILES string of the molecule is COC(=O)c1ncccc1OC.COc1cccnc1C(=O)O.O=C(O)c1ncccc1O. The fourth-order valence-electron chi connectivity index (χ4n) is 2.08. The van der Waals surface area contributed by atoms with E-state index in [4.69, 9.17) is 24.8 Å². The first kappa shape index (κ1) is 26.3. The van der Waals surface area contributed by atoms with Gasteiger partial charge in [-0.3, -0.25) is 0 Å². The second-order valence-electron chi connectivity index (χ2n) is 5.58. The van der Waals surface area contributed by atoms with Crippen molar-refractivity contribution in [2.45, 2.75) is 0 Å². The van der Waals surface area contributed by atoms with Gasteiger partial charge in [0.25, 0.3) is 0 Å². The molecular formula is C21H21N3O9. The highest BCUT2D eigenvalue weighted by Gasteiger charge is 2.12. The minimum Gasteiger partial charge on any atom is -0.505 e. The summed E-state index contributed by atoms with van der Waals surface area (Å²) in [5.41, 5.74) is -0.181. The molecule has 3 aromatic rings. The predicted octanol–water partition coefficient (Wildman–Crippen LogP) is 2.15. The molecule has 174 valence electrons. The number of methoxy groups -OCH3 is 3. The molecule has 0 amide bonds. The van der Waals surface area contributed by atoms with Gasteiger partial charge in [-0.1, -0.05) is 0 Å². The number of pyridine rings is 3. The topological polar surface area (TPSA) is 178 Å². The zero-order chi connectivity index (χ0) is 24.8. The first-order chi connectivity index (χ1) is 15.8. The van der Waals surface area contributed by atoms with E-state index >= 15 is 0 Å². The van der Waals surface area contributed by atoms with Crippen LogP contribution >= 0.6 is 0 Å². The van der Waals surface area contributed by atoms with Gasteiger partial charge in [0.05, 0.1) is 21.3 Å². The number of hydrogen-bond donors (Lipinski definition) is 3. The average molecular weight is 459 g/mol. The zero-order valence-corrected chi connectivity index (χ0v) is 17.8. The lowest BCUT2D eigenvalue weighted by atomic mass is 10.3. The molecular weight excluding hydrogens is 438 g/mol. The Kier molecular flexibility index (Phi) is 10.8. The number of carbonyl (C=O) groups excluding carboxylic acids is 1. The first-order valence-corrected chi connectivity index (χ1v) is 8.93. The zero-order valence-electron chi connectivity index (χ0n) is 17.8. The van der Waals surface area contributed by atoms with Crippen LogP contribution in [0.2, 0.25) is 0 Å². The van der Waals surface area contributed by atoms with Gasteiger partial charge in [-0.05, 0) is 36.4 Å². The molecule has 0 saturated carbocycles. The summed E-state index contributed by atoms with van der Waals surface area (Å²) in [7, 11) is 4.18. The maximum atomic E-state index is 11.0. The largest absolute Gasteiger partial charge is 0.505 e. The summed E-state index contributed by atoms with van der Waals surface area (Å²) < 4.78 is 14.2. The Morgan fingerprint density at radius 2 is 1.12 bits per heavy atom. The van der Waals surface area contributed by atoms with Gasteiger partial charge >= 0.3 is 17.9 Å².